The molecule has 2 rings (SSSR count). The summed E-state index contributed by atoms with van der Waals surface area (Å²) in [5, 5.41) is 0. The molecule has 1 aliphatic rings. The largest absolute Gasteiger partial charge is 0.491 e. The quantitative estimate of drug-likeness (QED) is 0.738. The number of hydrogen-bond acceptors (Lipinski definition) is 5. The molecule has 0 aromatic heterocycles. The first-order chi connectivity index (χ1) is 12.0. The van der Waals surface area contributed by atoms with Crippen molar-refractivity contribution in [1.82, 2.24) is 4.90 Å². The van der Waals surface area contributed by atoms with E-state index in [2.05, 4.69) is 0 Å². The van der Waals surface area contributed by atoms with Gasteiger partial charge in [0.1, 0.15) is 23.2 Å². The zero-order valence-corrected chi connectivity index (χ0v) is 16.5. The molecule has 1 saturated heterocycles. The summed E-state index contributed by atoms with van der Waals surface area (Å²) >= 11 is 0. The Morgan fingerprint density at radius 1 is 1.15 bits per heavy atom. The van der Waals surface area contributed by atoms with Gasteiger partial charge in [-0.05, 0) is 53.7 Å². The van der Waals surface area contributed by atoms with Gasteiger partial charge in [-0.2, -0.15) is 0 Å². The molecule has 0 aliphatic carbocycles. The van der Waals surface area contributed by atoms with Gasteiger partial charge >= 0.3 is 6.09 Å². The third-order valence-electron chi connectivity index (χ3n) is 3.76. The van der Waals surface area contributed by atoms with Crippen molar-refractivity contribution in [3.63, 3.8) is 0 Å². The molecule has 1 aliphatic heterocycles. The smallest absolute Gasteiger partial charge is 0.410 e. The highest BCUT2D eigenvalue weighted by molar-refractivity contribution is 5.94. The van der Waals surface area contributed by atoms with Crippen molar-refractivity contribution in [1.29, 1.82) is 0 Å². The van der Waals surface area contributed by atoms with Crippen molar-refractivity contribution in [3.8, 4) is 11.5 Å². The molecule has 0 bridgehead atoms. The van der Waals surface area contributed by atoms with Gasteiger partial charge in [0.15, 0.2) is 5.78 Å². The molecule has 1 fully saturated rings. The number of Topliss-reactive ketones (excluding diaryl/α,β-unsaturated/α-hetero) is 1. The topological polar surface area (TPSA) is 65.1 Å². The Labute approximate surface area is 155 Å². The van der Waals surface area contributed by atoms with Crippen molar-refractivity contribution in [2.45, 2.75) is 65.8 Å². The lowest BCUT2D eigenvalue weighted by Crippen LogP contribution is -2.36. The highest BCUT2D eigenvalue weighted by Crippen LogP contribution is 2.27. The van der Waals surface area contributed by atoms with Crippen molar-refractivity contribution in [3.05, 3.63) is 23.8 Å². The third kappa shape index (κ3) is 5.93. The lowest BCUT2D eigenvalue weighted by atomic mass is 10.1. The molecule has 0 saturated carbocycles. The highest BCUT2D eigenvalue weighted by Gasteiger charge is 2.31. The van der Waals surface area contributed by atoms with Crippen LogP contribution in [0.1, 0.15) is 58.3 Å². The summed E-state index contributed by atoms with van der Waals surface area (Å²) in [6, 6.07) is 5.21. The minimum Gasteiger partial charge on any atom is -0.491 e. The van der Waals surface area contributed by atoms with Gasteiger partial charge in [0, 0.05) is 24.6 Å². The lowest BCUT2D eigenvalue weighted by Gasteiger charge is -2.24. The Morgan fingerprint density at radius 3 is 2.38 bits per heavy atom. The number of hydrogen-bond donors (Lipinski definition) is 0. The van der Waals surface area contributed by atoms with Gasteiger partial charge in [0.2, 0.25) is 0 Å². The van der Waals surface area contributed by atoms with Crippen LogP contribution in [0.2, 0.25) is 0 Å². The molecule has 26 heavy (non-hydrogen) atoms. The van der Waals surface area contributed by atoms with Gasteiger partial charge in [0.25, 0.3) is 0 Å². The highest BCUT2D eigenvalue weighted by atomic mass is 16.6. The maximum Gasteiger partial charge on any atom is 0.410 e. The summed E-state index contributed by atoms with van der Waals surface area (Å²) in [5.74, 6) is 1.12. The first kappa shape index (κ1) is 20.1. The molecule has 1 atom stereocenters. The Hall–Kier alpha value is -2.24. The van der Waals surface area contributed by atoms with Gasteiger partial charge in [0.05, 0.1) is 12.6 Å². The molecule has 1 aromatic rings. The molecule has 0 radical (unpaired) electrons. The second kappa shape index (κ2) is 7.98. The molecular weight excluding hydrogens is 334 g/mol. The Morgan fingerprint density at radius 2 is 1.81 bits per heavy atom. The molecule has 6 heteroatoms. The minimum absolute atomic E-state index is 0.000742. The van der Waals surface area contributed by atoms with E-state index in [1.165, 1.54) is 6.92 Å². The Balaban J connectivity index is 2.05. The van der Waals surface area contributed by atoms with E-state index in [1.54, 1.807) is 23.1 Å². The number of ketones is 1. The third-order valence-corrected chi connectivity index (χ3v) is 3.76. The monoisotopic (exact) mass is 363 g/mol. The summed E-state index contributed by atoms with van der Waals surface area (Å²) in [6.07, 6.45) is 0.241. The van der Waals surface area contributed by atoms with E-state index < -0.39 is 5.60 Å². The van der Waals surface area contributed by atoms with Crippen LogP contribution >= 0.6 is 0 Å². The molecule has 6 nitrogen and oxygen atoms in total. The number of carbonyl (C=O) groups is 2. The van der Waals surface area contributed by atoms with E-state index in [0.29, 0.717) is 36.6 Å². The van der Waals surface area contributed by atoms with Crippen LogP contribution in [-0.2, 0) is 4.74 Å². The maximum atomic E-state index is 12.2. The molecule has 144 valence electrons. The number of carbonyl (C=O) groups excluding carboxylic acids is 2. The molecule has 0 spiro atoms. The summed E-state index contributed by atoms with van der Waals surface area (Å²) < 4.78 is 17.1. The van der Waals surface area contributed by atoms with Gasteiger partial charge in [-0.25, -0.2) is 4.79 Å². The molecule has 0 unspecified atom stereocenters. The number of rotatable bonds is 5. The summed E-state index contributed by atoms with van der Waals surface area (Å²) in [5.41, 5.74) is 0.0229. The lowest BCUT2D eigenvalue weighted by molar-refractivity contribution is 0.0275. The van der Waals surface area contributed by atoms with Gasteiger partial charge in [-0.15, -0.1) is 0 Å². The molecule has 1 heterocycles. The van der Waals surface area contributed by atoms with E-state index in [9.17, 15) is 9.59 Å². The molecule has 1 amide bonds. The summed E-state index contributed by atoms with van der Waals surface area (Å²) in [4.78, 5) is 25.6. The van der Waals surface area contributed by atoms with Crippen molar-refractivity contribution in [2.24, 2.45) is 0 Å². The van der Waals surface area contributed by atoms with Crippen LogP contribution in [0.4, 0.5) is 4.79 Å². The van der Waals surface area contributed by atoms with Crippen LogP contribution < -0.4 is 9.47 Å². The van der Waals surface area contributed by atoms with E-state index in [1.807, 2.05) is 34.6 Å². The standard InChI is InChI=1S/C20H29NO5/c1-13(2)24-17-9-15(14(3)22)10-18(11-17)25-16-7-8-21(12-16)19(23)26-20(4,5)6/h9-11,13,16H,7-8,12H2,1-6H3/t16-/m0/s1. The predicted octanol–water partition coefficient (Wildman–Crippen LogP) is 4.06. The number of ether oxygens (including phenoxy) is 3. The van der Waals surface area contributed by atoms with Crippen LogP contribution in [0.25, 0.3) is 0 Å². The Bertz CT molecular complexity index is 663. The first-order valence-electron chi connectivity index (χ1n) is 9.01. The fourth-order valence-electron chi connectivity index (χ4n) is 2.69. The first-order valence-corrected chi connectivity index (χ1v) is 9.01. The normalized spacial score (nSPS) is 17.3. The molecule has 0 N–H and O–H groups in total. The predicted molar refractivity (Wildman–Crippen MR) is 99.1 cm³/mol. The summed E-state index contributed by atoms with van der Waals surface area (Å²) in [7, 11) is 0. The van der Waals surface area contributed by atoms with E-state index in [-0.39, 0.29) is 24.1 Å². The van der Waals surface area contributed by atoms with Crippen molar-refractivity contribution in [2.75, 3.05) is 13.1 Å². The van der Waals surface area contributed by atoms with Gasteiger partial charge in [-0.3, -0.25) is 4.79 Å². The Kier molecular flexibility index (Phi) is 6.16. The zero-order valence-electron chi connectivity index (χ0n) is 16.5. The van der Waals surface area contributed by atoms with Crippen LogP contribution in [0.15, 0.2) is 18.2 Å². The second-order valence-electron chi connectivity index (χ2n) is 7.87. The van der Waals surface area contributed by atoms with Crippen LogP contribution in [-0.4, -0.2) is 47.7 Å². The van der Waals surface area contributed by atoms with Crippen molar-refractivity contribution >= 4 is 11.9 Å². The van der Waals surface area contributed by atoms with Crippen LogP contribution in [0, 0.1) is 0 Å². The summed E-state index contributed by atoms with van der Waals surface area (Å²) in [6.45, 7) is 11.9. The number of benzene rings is 1. The van der Waals surface area contributed by atoms with Gasteiger partial charge < -0.3 is 19.1 Å². The fourth-order valence-corrected chi connectivity index (χ4v) is 2.69. The maximum absolute atomic E-state index is 12.2. The fraction of sp³-hybridized carbons (Fsp3) is 0.600. The number of nitrogens with zero attached hydrogens (tertiary/aromatic N) is 1. The van der Waals surface area contributed by atoms with E-state index in [4.69, 9.17) is 14.2 Å². The van der Waals surface area contributed by atoms with Crippen molar-refractivity contribution < 1.29 is 23.8 Å². The van der Waals surface area contributed by atoms with Gasteiger partial charge in [-0.1, -0.05) is 0 Å². The molecule has 1 aromatic carbocycles. The number of amides is 1. The second-order valence-corrected chi connectivity index (χ2v) is 7.87. The van der Waals surface area contributed by atoms with E-state index >= 15 is 0 Å². The molecular formula is C20H29NO5. The minimum atomic E-state index is -0.519. The zero-order chi connectivity index (χ0) is 19.5. The van der Waals surface area contributed by atoms with Crippen LogP contribution in [0.3, 0.4) is 0 Å². The number of likely N-dealkylation sites (tertiary alicyclic amines) is 1. The van der Waals surface area contributed by atoms with Crippen LogP contribution in [0.5, 0.6) is 11.5 Å². The average molecular weight is 363 g/mol. The SMILES string of the molecule is CC(=O)c1cc(OC(C)C)cc(O[C@H]2CCN(C(=O)OC(C)(C)C)C2)c1. The average Bonchev–Trinajstić information content (AvgIpc) is 2.93. The van der Waals surface area contributed by atoms with E-state index in [0.717, 1.165) is 0 Å².